The van der Waals surface area contributed by atoms with Crippen LogP contribution in [0.2, 0.25) is 0 Å². The fraction of sp³-hybridized carbons (Fsp3) is 0.333. The molecule has 0 aliphatic heterocycles. The fourth-order valence-corrected chi connectivity index (χ4v) is 1.36. The maximum Gasteiger partial charge on any atom is 0.335 e. The van der Waals surface area contributed by atoms with Gasteiger partial charge in [0.2, 0.25) is 0 Å². The van der Waals surface area contributed by atoms with Crippen molar-refractivity contribution in [2.45, 2.75) is 26.2 Å². The van der Waals surface area contributed by atoms with Crippen LogP contribution in [0.15, 0.2) is 30.3 Å². The number of carboxylic acid groups (broad SMARTS) is 1. The number of carbonyl (C=O) groups excluding carboxylic acids is 1. The van der Waals surface area contributed by atoms with E-state index in [4.69, 9.17) is 5.11 Å². The second kappa shape index (κ2) is 9.58. The smallest absolute Gasteiger partial charge is 0.335 e. The van der Waals surface area contributed by atoms with E-state index in [0.717, 1.165) is 47.2 Å². The van der Waals surface area contributed by atoms with Crippen LogP contribution in [0.4, 0.5) is 0 Å². The third-order valence-corrected chi connectivity index (χ3v) is 2.40. The molecular formula is C12H15NaO3. The molecule has 0 saturated heterocycles. The normalized spacial score (nSPS) is 8.94. The summed E-state index contributed by atoms with van der Waals surface area (Å²) in [5.41, 5.74) is 0.331. The molecule has 0 saturated carbocycles. The number of carboxylic acids is 1. The van der Waals surface area contributed by atoms with Gasteiger partial charge in [-0.2, -0.15) is 0 Å². The molecule has 0 spiro atoms. The predicted molar refractivity (Wildman–Crippen MR) is 63.7 cm³/mol. The first-order chi connectivity index (χ1) is 7.57. The minimum Gasteiger partial charge on any atom is -0.478 e. The Hall–Kier alpha value is -0.640. The molecule has 0 bridgehead atoms. The van der Waals surface area contributed by atoms with Crippen LogP contribution in [-0.4, -0.2) is 42.0 Å². The van der Waals surface area contributed by atoms with E-state index in [-0.39, 0.29) is 0 Å². The monoisotopic (exact) mass is 230 g/mol. The van der Waals surface area contributed by atoms with Crippen molar-refractivity contribution in [3.05, 3.63) is 35.9 Å². The summed E-state index contributed by atoms with van der Waals surface area (Å²) in [6.07, 6.45) is 3.05. The van der Waals surface area contributed by atoms with Crippen LogP contribution < -0.4 is 0 Å². The molecule has 0 atom stereocenters. The van der Waals surface area contributed by atoms with Crippen molar-refractivity contribution in [1.82, 2.24) is 0 Å². The van der Waals surface area contributed by atoms with E-state index < -0.39 is 5.97 Å². The average Bonchev–Trinajstić information content (AvgIpc) is 2.28. The van der Waals surface area contributed by atoms with E-state index in [1.54, 1.807) is 30.3 Å². The molecule has 1 aromatic rings. The van der Waals surface area contributed by atoms with Crippen LogP contribution >= 0.6 is 0 Å². The molecular weight excluding hydrogens is 215 g/mol. The van der Waals surface area contributed by atoms with E-state index in [0.29, 0.717) is 8.60 Å². The molecule has 0 aliphatic carbocycles. The van der Waals surface area contributed by atoms with E-state index in [9.17, 15) is 9.59 Å². The minimum atomic E-state index is -0.879. The third kappa shape index (κ3) is 8.65. The van der Waals surface area contributed by atoms with E-state index in [1.807, 2.05) is 0 Å². The molecule has 0 unspecified atom stereocenters. The van der Waals surface area contributed by atoms with Crippen LogP contribution in [0.5, 0.6) is 0 Å². The van der Waals surface area contributed by atoms with E-state index in [1.165, 1.54) is 0 Å². The standard InChI is InChI=1S/C7H6O2.C5H9O.Na/c8-7(9)6-4-2-1-3-5-6;1-2-3-4-5-6;/h1-5H,(H,8,9);2-4H2,1H3;. The molecule has 0 aliphatic rings. The molecule has 1 N–H and O–H groups in total. The zero-order chi connectivity index (χ0) is 12.4. The van der Waals surface area contributed by atoms with E-state index >= 15 is 0 Å². The Morgan fingerprint density at radius 1 is 1.25 bits per heavy atom. The van der Waals surface area contributed by atoms with Crippen molar-refractivity contribution in [1.29, 1.82) is 0 Å². The van der Waals surface area contributed by atoms with E-state index in [2.05, 4.69) is 6.92 Å². The van der Waals surface area contributed by atoms with Crippen molar-refractivity contribution >= 4 is 36.9 Å². The van der Waals surface area contributed by atoms with Crippen LogP contribution in [0.3, 0.4) is 0 Å². The number of hydrogen-bond acceptors (Lipinski definition) is 2. The van der Waals surface area contributed by atoms with Gasteiger partial charge in [-0.15, -0.1) is 0 Å². The van der Waals surface area contributed by atoms with Gasteiger partial charge in [0.05, 0.1) is 5.56 Å². The summed E-state index contributed by atoms with van der Waals surface area (Å²) >= 11 is 0.744. The molecule has 16 heavy (non-hydrogen) atoms. The van der Waals surface area contributed by atoms with Gasteiger partial charge in [-0.3, -0.25) is 0 Å². The molecule has 0 amide bonds. The molecule has 1 aromatic carbocycles. The van der Waals surface area contributed by atoms with Crippen LogP contribution in [0.1, 0.15) is 36.5 Å². The van der Waals surface area contributed by atoms with Crippen molar-refractivity contribution in [3.8, 4) is 0 Å². The zero-order valence-corrected chi connectivity index (χ0v) is 11.8. The summed E-state index contributed by atoms with van der Waals surface area (Å²) in [5.74, 6) is -0.879. The SMILES string of the molecule is CCCC[C](=O)[Na].O=C(O)c1ccccc1. The fourth-order valence-electron chi connectivity index (χ4n) is 1.01. The molecule has 4 heteroatoms. The van der Waals surface area contributed by atoms with Gasteiger partial charge in [0, 0.05) is 0 Å². The summed E-state index contributed by atoms with van der Waals surface area (Å²) < 4.78 is 0.446. The van der Waals surface area contributed by atoms with Gasteiger partial charge < -0.3 is 5.11 Å². The van der Waals surface area contributed by atoms with Crippen molar-refractivity contribution in [3.63, 3.8) is 0 Å². The van der Waals surface area contributed by atoms with Crippen molar-refractivity contribution in [2.75, 3.05) is 0 Å². The maximum absolute atomic E-state index is 10.3. The van der Waals surface area contributed by atoms with Crippen LogP contribution in [0.25, 0.3) is 0 Å². The Labute approximate surface area is 113 Å². The molecule has 0 radical (unpaired) electrons. The van der Waals surface area contributed by atoms with Gasteiger partial charge in [0.1, 0.15) is 0 Å². The zero-order valence-electron chi connectivity index (χ0n) is 9.77. The number of rotatable bonds is 4. The van der Waals surface area contributed by atoms with Crippen molar-refractivity contribution in [2.24, 2.45) is 0 Å². The van der Waals surface area contributed by atoms with Gasteiger partial charge >= 0.3 is 67.9 Å². The molecule has 82 valence electrons. The number of hydrogen-bond donors (Lipinski definition) is 1. The first-order valence-corrected chi connectivity index (χ1v) is 6.35. The maximum atomic E-state index is 10.3. The minimum absolute atomic E-state index is 0.331. The topological polar surface area (TPSA) is 54.4 Å². The summed E-state index contributed by atoms with van der Waals surface area (Å²) in [4.78, 5) is 20.5. The molecule has 0 fully saturated rings. The predicted octanol–water partition coefficient (Wildman–Crippen LogP) is 2.26. The Bertz CT molecular complexity index is 322. The molecule has 1 rings (SSSR count). The van der Waals surface area contributed by atoms with Crippen molar-refractivity contribution < 1.29 is 14.7 Å². The van der Waals surface area contributed by atoms with Gasteiger partial charge in [0.25, 0.3) is 0 Å². The van der Waals surface area contributed by atoms with Gasteiger partial charge in [-0.05, 0) is 12.1 Å². The molecule has 0 heterocycles. The summed E-state index contributed by atoms with van der Waals surface area (Å²) in [5, 5.41) is 8.38. The van der Waals surface area contributed by atoms with Crippen LogP contribution in [0, 0.1) is 0 Å². The third-order valence-electron chi connectivity index (χ3n) is 1.90. The molecule has 0 aromatic heterocycles. The van der Waals surface area contributed by atoms with Gasteiger partial charge in [-0.1, -0.05) is 18.2 Å². The van der Waals surface area contributed by atoms with Crippen LogP contribution in [-0.2, 0) is 4.79 Å². The van der Waals surface area contributed by atoms with Gasteiger partial charge in [-0.25, -0.2) is 4.79 Å². The largest absolute Gasteiger partial charge is 0.478 e. The number of aromatic carboxylic acids is 1. The Morgan fingerprint density at radius 3 is 2.06 bits per heavy atom. The van der Waals surface area contributed by atoms with Gasteiger partial charge in [0.15, 0.2) is 0 Å². The second-order valence-electron chi connectivity index (χ2n) is 3.48. The Kier molecular flexibility index (Phi) is 9.19. The Morgan fingerprint density at radius 2 is 1.81 bits per heavy atom. The average molecular weight is 230 g/mol. The summed E-state index contributed by atoms with van der Waals surface area (Å²) in [7, 11) is 0. The number of unbranched alkanes of at least 4 members (excludes halogenated alkanes) is 1. The second-order valence-corrected chi connectivity index (χ2v) is 4.59. The quantitative estimate of drug-likeness (QED) is 0.807. The Balaban J connectivity index is 0.000000293. The molecule has 3 nitrogen and oxygen atoms in total. The first-order valence-electron chi connectivity index (χ1n) is 5.35. The first kappa shape index (κ1) is 15.4. The number of carbonyl (C=O) groups is 2. The summed E-state index contributed by atoms with van der Waals surface area (Å²) in [6, 6.07) is 8.30. The summed E-state index contributed by atoms with van der Waals surface area (Å²) in [6.45, 7) is 2.10. The number of benzene rings is 1.